The first kappa shape index (κ1) is 17.4. The second kappa shape index (κ2) is 7.06. The van der Waals surface area contributed by atoms with E-state index in [4.69, 9.17) is 0 Å². The number of fused-ring (bicyclic) bond motifs is 5. The molecular formula is C23H26N4O. The monoisotopic (exact) mass is 374 g/mol. The van der Waals surface area contributed by atoms with E-state index in [1.165, 1.54) is 18.4 Å². The maximum absolute atomic E-state index is 13.5. The van der Waals surface area contributed by atoms with Gasteiger partial charge in [-0.3, -0.25) is 14.1 Å². The Morgan fingerprint density at radius 1 is 1.04 bits per heavy atom. The van der Waals surface area contributed by atoms with Gasteiger partial charge >= 0.3 is 0 Å². The molecular weight excluding hydrogens is 348 g/mol. The van der Waals surface area contributed by atoms with Crippen LogP contribution in [-0.4, -0.2) is 50.8 Å². The summed E-state index contributed by atoms with van der Waals surface area (Å²) in [6, 6.07) is 17.0. The smallest absolute Gasteiger partial charge is 0.272 e. The lowest BCUT2D eigenvalue weighted by molar-refractivity contribution is 0.0728. The summed E-state index contributed by atoms with van der Waals surface area (Å²) in [6.07, 6.45) is 4.33. The quantitative estimate of drug-likeness (QED) is 0.706. The fourth-order valence-corrected chi connectivity index (χ4v) is 4.88. The largest absolute Gasteiger partial charge is 0.335 e. The molecule has 5 heteroatoms. The highest BCUT2D eigenvalue weighted by molar-refractivity contribution is 5.94. The van der Waals surface area contributed by atoms with Crippen molar-refractivity contribution >= 4 is 11.6 Å². The van der Waals surface area contributed by atoms with E-state index in [-0.39, 0.29) is 5.91 Å². The molecule has 0 spiro atoms. The Morgan fingerprint density at radius 3 is 2.71 bits per heavy atom. The molecule has 3 saturated heterocycles. The van der Waals surface area contributed by atoms with Crippen molar-refractivity contribution in [1.29, 1.82) is 0 Å². The molecule has 5 nitrogen and oxygen atoms in total. The van der Waals surface area contributed by atoms with Crippen molar-refractivity contribution in [3.63, 3.8) is 0 Å². The number of benzene rings is 1. The van der Waals surface area contributed by atoms with Crippen molar-refractivity contribution in [3.05, 3.63) is 71.7 Å². The number of hydrogen-bond donors (Lipinski definition) is 0. The number of carbonyl (C=O) groups is 1. The molecule has 3 fully saturated rings. The van der Waals surface area contributed by atoms with E-state index >= 15 is 0 Å². The maximum atomic E-state index is 13.5. The van der Waals surface area contributed by atoms with Crippen LogP contribution < -0.4 is 0 Å². The maximum Gasteiger partial charge on any atom is 0.272 e. The van der Waals surface area contributed by atoms with Crippen LogP contribution in [0.2, 0.25) is 0 Å². The zero-order valence-corrected chi connectivity index (χ0v) is 16.3. The van der Waals surface area contributed by atoms with Crippen LogP contribution in [0.3, 0.4) is 0 Å². The van der Waals surface area contributed by atoms with Gasteiger partial charge in [-0.25, -0.2) is 4.98 Å². The third-order valence-corrected chi connectivity index (χ3v) is 6.25. The fraction of sp³-hybridized carbons (Fsp3) is 0.391. The molecule has 2 aromatic heterocycles. The van der Waals surface area contributed by atoms with Crippen molar-refractivity contribution < 1.29 is 4.79 Å². The molecule has 5 heterocycles. The van der Waals surface area contributed by atoms with Gasteiger partial charge in [0.1, 0.15) is 11.3 Å². The van der Waals surface area contributed by atoms with Crippen molar-refractivity contribution in [3.8, 4) is 0 Å². The summed E-state index contributed by atoms with van der Waals surface area (Å²) < 4.78 is 1.94. The molecule has 0 saturated carbocycles. The second-order valence-corrected chi connectivity index (χ2v) is 8.20. The normalized spacial score (nSPS) is 22.5. The summed E-state index contributed by atoms with van der Waals surface area (Å²) in [4.78, 5) is 22.7. The molecule has 0 radical (unpaired) electrons. The Balaban J connectivity index is 1.40. The third kappa shape index (κ3) is 3.10. The number of carbonyl (C=O) groups excluding carboxylic acids is 1. The zero-order chi connectivity index (χ0) is 19.1. The summed E-state index contributed by atoms with van der Waals surface area (Å²) in [5.74, 6) is 0.667. The highest BCUT2D eigenvalue weighted by Gasteiger charge is 2.37. The molecule has 0 unspecified atom stereocenters. The van der Waals surface area contributed by atoms with E-state index in [9.17, 15) is 4.79 Å². The SMILES string of the molecule is Cc1nc2ccccn2c1C(=O)N1C[C@@H]2CC[C@H](C1)N(Cc1ccccc1)C2. The van der Waals surface area contributed by atoms with Gasteiger partial charge in [-0.15, -0.1) is 0 Å². The van der Waals surface area contributed by atoms with Gasteiger partial charge in [-0.1, -0.05) is 36.4 Å². The van der Waals surface area contributed by atoms with Crippen molar-refractivity contribution in [2.24, 2.45) is 5.92 Å². The summed E-state index contributed by atoms with van der Waals surface area (Å²) in [7, 11) is 0. The molecule has 3 aliphatic rings. The van der Waals surface area contributed by atoms with Crippen LogP contribution in [0.25, 0.3) is 5.65 Å². The molecule has 6 rings (SSSR count). The van der Waals surface area contributed by atoms with Gasteiger partial charge in [0.25, 0.3) is 5.91 Å². The number of piperidine rings is 1. The predicted molar refractivity (Wildman–Crippen MR) is 109 cm³/mol. The molecule has 1 aromatic carbocycles. The minimum atomic E-state index is 0.120. The van der Waals surface area contributed by atoms with Gasteiger partial charge in [0.2, 0.25) is 0 Å². The van der Waals surface area contributed by atoms with E-state index in [2.05, 4.69) is 45.1 Å². The van der Waals surface area contributed by atoms with Gasteiger partial charge in [-0.2, -0.15) is 0 Å². The Labute approximate surface area is 165 Å². The number of nitrogens with zero attached hydrogens (tertiary/aromatic N) is 4. The molecule has 2 bridgehead atoms. The van der Waals surface area contributed by atoms with Crippen LogP contribution in [0.1, 0.15) is 34.6 Å². The first-order valence-electron chi connectivity index (χ1n) is 10.2. The number of amides is 1. The molecule has 28 heavy (non-hydrogen) atoms. The number of rotatable bonds is 3. The average Bonchev–Trinajstić information content (AvgIpc) is 2.84. The van der Waals surface area contributed by atoms with Gasteiger partial charge in [-0.05, 0) is 43.4 Å². The van der Waals surface area contributed by atoms with Crippen molar-refractivity contribution in [2.75, 3.05) is 19.6 Å². The molecule has 3 aliphatic heterocycles. The Bertz CT molecular complexity index is 996. The van der Waals surface area contributed by atoms with Crippen LogP contribution in [0, 0.1) is 12.8 Å². The van der Waals surface area contributed by atoms with Crippen LogP contribution in [0.4, 0.5) is 0 Å². The van der Waals surface area contributed by atoms with Gasteiger partial charge in [0, 0.05) is 38.4 Å². The van der Waals surface area contributed by atoms with Crippen LogP contribution in [0.15, 0.2) is 54.7 Å². The third-order valence-electron chi connectivity index (χ3n) is 6.25. The molecule has 0 N–H and O–H groups in total. The minimum absolute atomic E-state index is 0.120. The number of aromatic nitrogens is 2. The average molecular weight is 374 g/mol. The fourth-order valence-electron chi connectivity index (χ4n) is 4.88. The lowest BCUT2D eigenvalue weighted by Gasteiger charge is -2.36. The minimum Gasteiger partial charge on any atom is -0.335 e. The highest BCUT2D eigenvalue weighted by Crippen LogP contribution is 2.30. The van der Waals surface area contributed by atoms with E-state index in [0.717, 1.165) is 37.5 Å². The summed E-state index contributed by atoms with van der Waals surface area (Å²) in [5.41, 5.74) is 3.72. The molecule has 0 aliphatic carbocycles. The molecule has 144 valence electrons. The Morgan fingerprint density at radius 2 is 1.86 bits per heavy atom. The lowest BCUT2D eigenvalue weighted by atomic mass is 9.94. The number of hydrogen-bond acceptors (Lipinski definition) is 3. The van der Waals surface area contributed by atoms with Crippen molar-refractivity contribution in [2.45, 2.75) is 32.4 Å². The van der Waals surface area contributed by atoms with Gasteiger partial charge in [0.15, 0.2) is 0 Å². The summed E-state index contributed by atoms with van der Waals surface area (Å²) >= 11 is 0. The van der Waals surface area contributed by atoms with Crippen LogP contribution in [-0.2, 0) is 6.54 Å². The predicted octanol–water partition coefficient (Wildman–Crippen LogP) is 3.38. The summed E-state index contributed by atoms with van der Waals surface area (Å²) in [5, 5.41) is 0. The zero-order valence-electron chi connectivity index (χ0n) is 16.3. The van der Waals surface area contributed by atoms with E-state index in [1.807, 2.05) is 35.7 Å². The van der Waals surface area contributed by atoms with E-state index in [0.29, 0.717) is 17.7 Å². The summed E-state index contributed by atoms with van der Waals surface area (Å²) in [6.45, 7) is 5.64. The van der Waals surface area contributed by atoms with Gasteiger partial charge in [0.05, 0.1) is 5.69 Å². The van der Waals surface area contributed by atoms with E-state index in [1.54, 1.807) is 0 Å². The number of imidazole rings is 1. The van der Waals surface area contributed by atoms with Crippen LogP contribution >= 0.6 is 0 Å². The first-order valence-corrected chi connectivity index (χ1v) is 10.2. The topological polar surface area (TPSA) is 40.9 Å². The van der Waals surface area contributed by atoms with Crippen LogP contribution in [0.5, 0.6) is 0 Å². The van der Waals surface area contributed by atoms with Crippen molar-refractivity contribution in [1.82, 2.24) is 19.2 Å². The van der Waals surface area contributed by atoms with Gasteiger partial charge < -0.3 is 4.90 Å². The number of aryl methyl sites for hydroxylation is 1. The first-order chi connectivity index (χ1) is 13.7. The number of pyridine rings is 1. The standard InChI is InChI=1S/C23H26N4O/c1-17-22(27-12-6-5-9-21(27)24-17)23(28)26-15-19-10-11-20(16-26)25(14-19)13-18-7-3-2-4-8-18/h2-9,12,19-20H,10-11,13-16H2,1H3/t19-,20-/m1/s1. The molecule has 1 amide bonds. The lowest BCUT2D eigenvalue weighted by Crippen LogP contribution is -2.44. The second-order valence-electron chi connectivity index (χ2n) is 8.20. The highest BCUT2D eigenvalue weighted by atomic mass is 16.2. The molecule has 3 aromatic rings. The Hall–Kier alpha value is -2.66. The molecule has 2 atom stereocenters. The Kier molecular flexibility index (Phi) is 4.40. The van der Waals surface area contributed by atoms with E-state index < -0.39 is 0 Å².